The van der Waals surface area contributed by atoms with E-state index in [1.165, 1.54) is 13.0 Å². The number of aromatic hydroxyl groups is 2. The predicted octanol–water partition coefficient (Wildman–Crippen LogP) is 2.12. The number of ketones is 1. The van der Waals surface area contributed by atoms with Crippen molar-refractivity contribution in [2.75, 3.05) is 0 Å². The van der Waals surface area contributed by atoms with Crippen molar-refractivity contribution < 1.29 is 15.0 Å². The van der Waals surface area contributed by atoms with Gasteiger partial charge in [-0.2, -0.15) is 0 Å². The first-order chi connectivity index (χ1) is 6.04. The highest BCUT2D eigenvalue weighted by Crippen LogP contribution is 2.36. The van der Waals surface area contributed by atoms with E-state index in [4.69, 9.17) is 5.11 Å². The monoisotopic (exact) mass is 244 g/mol. The molecule has 0 amide bonds. The zero-order valence-electron chi connectivity index (χ0n) is 6.99. The zero-order chi connectivity index (χ0) is 10.0. The van der Waals surface area contributed by atoms with Gasteiger partial charge in [-0.25, -0.2) is 0 Å². The van der Waals surface area contributed by atoms with Gasteiger partial charge >= 0.3 is 0 Å². The molecule has 1 atom stereocenters. The summed E-state index contributed by atoms with van der Waals surface area (Å²) in [6.45, 7) is 1.41. The predicted molar refractivity (Wildman–Crippen MR) is 52.1 cm³/mol. The van der Waals surface area contributed by atoms with Crippen molar-refractivity contribution in [2.45, 2.75) is 11.8 Å². The number of hydrogen-bond acceptors (Lipinski definition) is 3. The van der Waals surface area contributed by atoms with E-state index in [0.29, 0.717) is 5.56 Å². The van der Waals surface area contributed by atoms with E-state index in [2.05, 4.69) is 15.9 Å². The SMILES string of the molecule is CC(=O)C(Br)c1cccc(O)c1O. The quantitative estimate of drug-likeness (QED) is 0.619. The standard InChI is InChI=1S/C9H9BrO3/c1-5(11)8(10)6-3-2-4-7(12)9(6)13/h2-4,8,12-13H,1H3. The molecule has 1 unspecified atom stereocenters. The normalized spacial score (nSPS) is 12.5. The fourth-order valence-electron chi connectivity index (χ4n) is 0.972. The summed E-state index contributed by atoms with van der Waals surface area (Å²) in [6.07, 6.45) is 0. The first-order valence-electron chi connectivity index (χ1n) is 3.69. The van der Waals surface area contributed by atoms with Crippen LogP contribution in [0.25, 0.3) is 0 Å². The minimum Gasteiger partial charge on any atom is -0.504 e. The molecular weight excluding hydrogens is 236 g/mol. The molecule has 4 heteroatoms. The largest absolute Gasteiger partial charge is 0.504 e. The van der Waals surface area contributed by atoms with Crippen LogP contribution in [0.4, 0.5) is 0 Å². The molecule has 0 heterocycles. The Bertz CT molecular complexity index is 336. The molecule has 2 N–H and O–H groups in total. The summed E-state index contributed by atoms with van der Waals surface area (Å²) in [5.74, 6) is -0.594. The van der Waals surface area contributed by atoms with Gasteiger partial charge in [0, 0.05) is 5.56 Å². The van der Waals surface area contributed by atoms with Crippen molar-refractivity contribution in [2.24, 2.45) is 0 Å². The van der Waals surface area contributed by atoms with E-state index >= 15 is 0 Å². The Hall–Kier alpha value is -1.03. The van der Waals surface area contributed by atoms with Gasteiger partial charge in [-0.3, -0.25) is 4.79 Å². The average molecular weight is 245 g/mol. The Morgan fingerprint density at radius 1 is 1.46 bits per heavy atom. The smallest absolute Gasteiger partial charge is 0.162 e. The Kier molecular flexibility index (Phi) is 2.93. The number of hydrogen-bond donors (Lipinski definition) is 2. The maximum Gasteiger partial charge on any atom is 0.162 e. The first kappa shape index (κ1) is 10.1. The van der Waals surface area contributed by atoms with E-state index in [-0.39, 0.29) is 17.3 Å². The molecule has 1 aromatic rings. The summed E-state index contributed by atoms with van der Waals surface area (Å²) in [4.78, 5) is 10.4. The number of Topliss-reactive ketones (excluding diaryl/α,β-unsaturated/α-hetero) is 1. The molecule has 0 aromatic heterocycles. The number of rotatable bonds is 2. The minimum atomic E-state index is -0.570. The van der Waals surface area contributed by atoms with Crippen LogP contribution in [-0.2, 0) is 4.79 Å². The van der Waals surface area contributed by atoms with Crippen LogP contribution in [0, 0.1) is 0 Å². The van der Waals surface area contributed by atoms with Crippen LogP contribution in [0.15, 0.2) is 18.2 Å². The van der Waals surface area contributed by atoms with E-state index in [1.54, 1.807) is 12.1 Å². The molecule has 0 spiro atoms. The lowest BCUT2D eigenvalue weighted by atomic mass is 10.1. The van der Waals surface area contributed by atoms with Crippen molar-refractivity contribution in [1.29, 1.82) is 0 Å². The number of carbonyl (C=O) groups is 1. The zero-order valence-corrected chi connectivity index (χ0v) is 8.58. The molecule has 13 heavy (non-hydrogen) atoms. The van der Waals surface area contributed by atoms with E-state index in [1.807, 2.05) is 0 Å². The Balaban J connectivity index is 3.15. The van der Waals surface area contributed by atoms with Crippen molar-refractivity contribution in [1.82, 2.24) is 0 Å². The second kappa shape index (κ2) is 3.79. The molecule has 0 saturated carbocycles. The van der Waals surface area contributed by atoms with E-state index < -0.39 is 4.83 Å². The number of phenolic OH excluding ortho intramolecular Hbond substituents is 2. The molecule has 70 valence electrons. The van der Waals surface area contributed by atoms with Crippen LogP contribution in [0.1, 0.15) is 17.3 Å². The average Bonchev–Trinajstić information content (AvgIpc) is 2.08. The second-order valence-electron chi connectivity index (χ2n) is 2.69. The Labute approximate surface area is 84.1 Å². The fourth-order valence-corrected chi connectivity index (χ4v) is 1.34. The van der Waals surface area contributed by atoms with Gasteiger partial charge in [-0.1, -0.05) is 28.1 Å². The van der Waals surface area contributed by atoms with E-state index in [0.717, 1.165) is 0 Å². The van der Waals surface area contributed by atoms with Gasteiger partial charge in [0.1, 0.15) is 10.6 Å². The van der Waals surface area contributed by atoms with E-state index in [9.17, 15) is 9.90 Å². The molecule has 0 fully saturated rings. The topological polar surface area (TPSA) is 57.5 Å². The number of carbonyl (C=O) groups excluding carboxylic acids is 1. The molecule has 0 aliphatic carbocycles. The number of para-hydroxylation sites is 1. The Morgan fingerprint density at radius 3 is 2.62 bits per heavy atom. The maximum atomic E-state index is 11.0. The van der Waals surface area contributed by atoms with Gasteiger partial charge in [0.2, 0.25) is 0 Å². The second-order valence-corrected chi connectivity index (χ2v) is 3.60. The van der Waals surface area contributed by atoms with Crippen LogP contribution < -0.4 is 0 Å². The highest BCUT2D eigenvalue weighted by atomic mass is 79.9. The lowest BCUT2D eigenvalue weighted by Gasteiger charge is -2.08. The number of phenols is 2. The highest BCUT2D eigenvalue weighted by Gasteiger charge is 2.17. The van der Waals surface area contributed by atoms with Gasteiger partial charge in [0.25, 0.3) is 0 Å². The summed E-state index contributed by atoms with van der Waals surface area (Å²) >= 11 is 3.11. The molecule has 0 saturated heterocycles. The highest BCUT2D eigenvalue weighted by molar-refractivity contribution is 9.09. The van der Waals surface area contributed by atoms with Crippen molar-refractivity contribution >= 4 is 21.7 Å². The third-order valence-corrected chi connectivity index (χ3v) is 2.81. The number of alkyl halides is 1. The van der Waals surface area contributed by atoms with Crippen molar-refractivity contribution in [3.63, 3.8) is 0 Å². The number of benzene rings is 1. The Morgan fingerprint density at radius 2 is 2.08 bits per heavy atom. The van der Waals surface area contributed by atoms with Gasteiger partial charge in [-0.15, -0.1) is 0 Å². The van der Waals surface area contributed by atoms with Gasteiger partial charge in [-0.05, 0) is 13.0 Å². The number of halogens is 1. The van der Waals surface area contributed by atoms with Crippen molar-refractivity contribution in [3.8, 4) is 11.5 Å². The molecule has 0 aliphatic rings. The first-order valence-corrected chi connectivity index (χ1v) is 4.61. The van der Waals surface area contributed by atoms with Crippen LogP contribution in [0.3, 0.4) is 0 Å². The lowest BCUT2D eigenvalue weighted by molar-refractivity contribution is -0.116. The van der Waals surface area contributed by atoms with Crippen LogP contribution in [0.2, 0.25) is 0 Å². The van der Waals surface area contributed by atoms with Crippen LogP contribution in [-0.4, -0.2) is 16.0 Å². The summed E-state index contributed by atoms with van der Waals surface area (Å²) < 4.78 is 0. The minimum absolute atomic E-state index is 0.124. The van der Waals surface area contributed by atoms with Gasteiger partial charge < -0.3 is 10.2 Å². The fraction of sp³-hybridized carbons (Fsp3) is 0.222. The van der Waals surface area contributed by atoms with Gasteiger partial charge in [0.05, 0.1) is 0 Å². The molecule has 1 rings (SSSR count). The molecular formula is C9H9BrO3. The summed E-state index contributed by atoms with van der Waals surface area (Å²) in [5.41, 5.74) is 0.382. The third kappa shape index (κ3) is 2.01. The van der Waals surface area contributed by atoms with Crippen LogP contribution >= 0.6 is 15.9 Å². The van der Waals surface area contributed by atoms with Crippen molar-refractivity contribution in [3.05, 3.63) is 23.8 Å². The summed E-state index contributed by atoms with van der Waals surface area (Å²) in [6, 6.07) is 4.51. The van der Waals surface area contributed by atoms with Gasteiger partial charge in [0.15, 0.2) is 11.5 Å². The molecule has 3 nitrogen and oxygen atoms in total. The lowest BCUT2D eigenvalue weighted by Crippen LogP contribution is -2.00. The third-order valence-electron chi connectivity index (χ3n) is 1.68. The molecule has 0 aliphatic heterocycles. The van der Waals surface area contributed by atoms with Crippen LogP contribution in [0.5, 0.6) is 11.5 Å². The molecule has 0 radical (unpaired) electrons. The summed E-state index contributed by atoms with van der Waals surface area (Å²) in [5, 5.41) is 18.5. The molecule has 0 bridgehead atoms. The summed E-state index contributed by atoms with van der Waals surface area (Å²) in [7, 11) is 0. The molecule has 1 aromatic carbocycles. The maximum absolute atomic E-state index is 11.0.